The summed E-state index contributed by atoms with van der Waals surface area (Å²) in [6.07, 6.45) is -1.02. The van der Waals surface area contributed by atoms with Gasteiger partial charge in [-0.1, -0.05) is 99.1 Å². The van der Waals surface area contributed by atoms with Gasteiger partial charge in [0, 0.05) is 33.9 Å². The van der Waals surface area contributed by atoms with Crippen LogP contribution in [0.4, 0.5) is 4.79 Å². The Kier molecular flexibility index (Phi) is 24.4. The number of imide groups is 1. The van der Waals surface area contributed by atoms with Crippen molar-refractivity contribution in [1.29, 1.82) is 0 Å². The molecule has 18 heteroatoms. The smallest absolute Gasteiger partial charge is 0.408 e. The molecule has 1 aliphatic heterocycles. The number of carbonyl (C=O) groups is 7. The van der Waals surface area contributed by atoms with E-state index in [2.05, 4.69) is 21.3 Å². The largest absolute Gasteiger partial charge is 0.444 e. The molecule has 18 nitrogen and oxygen atoms in total. The van der Waals surface area contributed by atoms with E-state index in [-0.39, 0.29) is 36.0 Å². The zero-order valence-corrected chi connectivity index (χ0v) is 45.5. The summed E-state index contributed by atoms with van der Waals surface area (Å²) in [4.78, 5) is 101. The maximum atomic E-state index is 14.4. The van der Waals surface area contributed by atoms with E-state index in [4.69, 9.17) is 14.2 Å². The van der Waals surface area contributed by atoms with E-state index in [1.165, 1.54) is 33.1 Å². The molecule has 2 rings (SSSR count). The number of nitrogens with one attached hydrogen (secondary N) is 4. The number of benzene rings is 1. The zero-order chi connectivity index (χ0) is 53.5. The van der Waals surface area contributed by atoms with Gasteiger partial charge >= 0.3 is 6.09 Å². The van der Waals surface area contributed by atoms with Gasteiger partial charge in [-0.25, -0.2) is 4.79 Å². The maximum absolute atomic E-state index is 14.4. The first-order valence-corrected chi connectivity index (χ1v) is 25.1. The van der Waals surface area contributed by atoms with Gasteiger partial charge in [0.05, 0.1) is 48.8 Å². The summed E-state index contributed by atoms with van der Waals surface area (Å²) in [7, 11) is 6.30. The summed E-state index contributed by atoms with van der Waals surface area (Å²) in [5.74, 6) is -4.81. The fourth-order valence-corrected chi connectivity index (χ4v) is 9.68. The number of aliphatic hydroxyl groups excluding tert-OH is 1. The average molecular weight is 988 g/mol. The first-order valence-electron chi connectivity index (χ1n) is 25.1. The number of carbonyl (C=O) groups excluding carboxylic acids is 7. The minimum absolute atomic E-state index is 0.0267. The third kappa shape index (κ3) is 17.0. The number of nitrogens with zero attached hydrogens (tertiary/aromatic N) is 3. The second-order valence-electron chi connectivity index (χ2n) is 21.2. The van der Waals surface area contributed by atoms with Crippen LogP contribution in [0.1, 0.15) is 134 Å². The van der Waals surface area contributed by atoms with E-state index >= 15 is 0 Å². The lowest BCUT2D eigenvalue weighted by atomic mass is 9.87. The van der Waals surface area contributed by atoms with Crippen LogP contribution >= 0.6 is 0 Å². The number of likely N-dealkylation sites (N-methyl/N-ethyl adjacent to an activating group) is 2. The number of methoxy groups -OCH3 is 2. The van der Waals surface area contributed by atoms with Crippen LogP contribution in [0, 0.1) is 29.6 Å². The first kappa shape index (κ1) is 61.5. The van der Waals surface area contributed by atoms with Crippen LogP contribution in [-0.4, -0.2) is 156 Å². The van der Waals surface area contributed by atoms with Crippen molar-refractivity contribution in [3.63, 3.8) is 0 Å². The summed E-state index contributed by atoms with van der Waals surface area (Å²) in [6.45, 7) is 25.3. The van der Waals surface area contributed by atoms with E-state index in [0.717, 1.165) is 0 Å². The van der Waals surface area contributed by atoms with Gasteiger partial charge in [0.1, 0.15) is 23.7 Å². The molecule has 0 unspecified atom stereocenters. The maximum Gasteiger partial charge on any atom is 0.408 e. The molecule has 0 aliphatic carbocycles. The Morgan fingerprint density at radius 1 is 0.771 bits per heavy atom. The van der Waals surface area contributed by atoms with Crippen LogP contribution in [0.5, 0.6) is 0 Å². The van der Waals surface area contributed by atoms with Crippen LogP contribution in [0.2, 0.25) is 0 Å². The molecule has 0 spiro atoms. The van der Waals surface area contributed by atoms with E-state index in [9.17, 15) is 38.7 Å². The van der Waals surface area contributed by atoms with Crippen molar-refractivity contribution >= 4 is 41.5 Å². The number of likely N-dealkylation sites (tertiary alicyclic amines) is 1. The molecule has 70 heavy (non-hydrogen) atoms. The lowest BCUT2D eigenvalue weighted by Crippen LogP contribution is -2.61. The molecule has 0 bridgehead atoms. The molecule has 12 atom stereocenters. The Bertz CT molecular complexity index is 1880. The van der Waals surface area contributed by atoms with Crippen molar-refractivity contribution in [3.8, 4) is 0 Å². The molecule has 0 saturated carbocycles. The third-order valence-electron chi connectivity index (χ3n) is 13.5. The summed E-state index contributed by atoms with van der Waals surface area (Å²) in [5.41, 5.74) is -0.108. The van der Waals surface area contributed by atoms with E-state index in [1.54, 1.807) is 86.4 Å². The number of hydrogen-bond donors (Lipinski definition) is 5. The van der Waals surface area contributed by atoms with E-state index in [0.29, 0.717) is 31.4 Å². The molecule has 7 amide bonds. The summed E-state index contributed by atoms with van der Waals surface area (Å²) in [5, 5.41) is 21.7. The predicted octanol–water partition coefficient (Wildman–Crippen LogP) is 4.82. The number of rotatable bonds is 25. The van der Waals surface area contributed by atoms with Crippen LogP contribution < -0.4 is 21.3 Å². The highest BCUT2D eigenvalue weighted by molar-refractivity contribution is 6.02. The van der Waals surface area contributed by atoms with Gasteiger partial charge in [0.2, 0.25) is 35.4 Å². The number of amides is 7. The van der Waals surface area contributed by atoms with Gasteiger partial charge in [0.25, 0.3) is 0 Å². The predicted molar refractivity (Wildman–Crippen MR) is 269 cm³/mol. The lowest BCUT2D eigenvalue weighted by Gasteiger charge is -2.43. The Morgan fingerprint density at radius 3 is 1.84 bits per heavy atom. The molecular weight excluding hydrogens is 899 g/mol. The highest BCUT2D eigenvalue weighted by Crippen LogP contribution is 2.31. The molecule has 0 aromatic heterocycles. The lowest BCUT2D eigenvalue weighted by molar-refractivity contribution is -0.147. The summed E-state index contributed by atoms with van der Waals surface area (Å²) >= 11 is 0. The van der Waals surface area contributed by atoms with Crippen LogP contribution in [0.3, 0.4) is 0 Å². The molecule has 1 aliphatic rings. The molecule has 1 heterocycles. The van der Waals surface area contributed by atoms with Gasteiger partial charge in [-0.15, -0.1) is 0 Å². The molecule has 1 fully saturated rings. The molecule has 1 saturated heterocycles. The van der Waals surface area contributed by atoms with Gasteiger partial charge in [-0.2, -0.15) is 0 Å². The number of aliphatic hydroxyl groups is 1. The molecule has 5 N–H and O–H groups in total. The fourth-order valence-electron chi connectivity index (χ4n) is 9.68. The second-order valence-corrected chi connectivity index (χ2v) is 21.2. The zero-order valence-electron chi connectivity index (χ0n) is 45.5. The number of alkyl carbamates (subject to hydrolysis) is 1. The standard InChI is InChI=1S/C52H89N7O11/c1-19-32(8)43(38(68-17)28-39(60)59-27-23-26-37(59)45(69-18)33(9)46(62)53-34(10)44(61)36-24-21-20-22-25-36)57(15)41(30(4)5)48(64)56-49(65)42(31(6)7)58(16)50(66)35(11)54-47(63)40(29(2)3)55-51(67)70-52(12,13)14/h20-22,24-25,29-35,37-38,40-45,61H,19,23,26-28H2,1-18H3,(H,53,62)(H,54,63)(H,55,67)(H,56,64,65)/t32-,33+,34+,35-,37-,38+,40-,41-,42-,43-,44+,45+/m0/s1. The van der Waals surface area contributed by atoms with E-state index in [1.807, 2.05) is 50.8 Å². The van der Waals surface area contributed by atoms with Crippen molar-refractivity contribution < 1.29 is 52.9 Å². The molecule has 0 radical (unpaired) electrons. The normalized spacial score (nSPS) is 19.0. The SMILES string of the molecule is CC[C@H](C)[C@@H]([C@@H](CC(=O)N1CCC[C@H]1[C@H](OC)[C@@H](C)C(=O)N[C@H](C)[C@@H](O)c1ccccc1)OC)N(C)[C@H](C(=O)NC(=O)[C@H](C(C)C)N(C)C(=O)[C@H](C)NC(=O)[C@@H](NC(=O)OC(C)(C)C)C(C)C)C(C)C. The fraction of sp³-hybridized carbons (Fsp3) is 0.750. The van der Waals surface area contributed by atoms with Crippen LogP contribution in [0.25, 0.3) is 0 Å². The van der Waals surface area contributed by atoms with E-state index < -0.39 is 108 Å². The summed E-state index contributed by atoms with van der Waals surface area (Å²) in [6, 6.07) is 3.57. The van der Waals surface area contributed by atoms with Crippen molar-refractivity contribution in [3.05, 3.63) is 35.9 Å². The topological polar surface area (TPSA) is 225 Å². The minimum Gasteiger partial charge on any atom is -0.444 e. The number of ether oxygens (including phenoxy) is 3. The van der Waals surface area contributed by atoms with Gasteiger partial charge < -0.3 is 45.1 Å². The van der Waals surface area contributed by atoms with Crippen LogP contribution in [-0.2, 0) is 43.0 Å². The molecule has 1 aromatic carbocycles. The molecule has 1 aromatic rings. The highest BCUT2D eigenvalue weighted by atomic mass is 16.6. The van der Waals surface area contributed by atoms with Crippen molar-refractivity contribution in [1.82, 2.24) is 36.0 Å². The molecule has 398 valence electrons. The van der Waals surface area contributed by atoms with Crippen molar-refractivity contribution in [2.45, 2.75) is 189 Å². The molecular formula is C52H89N7O11. The average Bonchev–Trinajstić information content (AvgIpc) is 3.76. The monoisotopic (exact) mass is 988 g/mol. The summed E-state index contributed by atoms with van der Waals surface area (Å²) < 4.78 is 17.4. The van der Waals surface area contributed by atoms with Crippen molar-refractivity contribution in [2.75, 3.05) is 34.9 Å². The Morgan fingerprint density at radius 2 is 1.34 bits per heavy atom. The second kappa shape index (κ2) is 27.8. The van der Waals surface area contributed by atoms with Gasteiger partial charge in [-0.3, -0.25) is 39.0 Å². The Balaban J connectivity index is 2.28. The first-order chi connectivity index (χ1) is 32.5. The minimum atomic E-state index is -1.10. The Labute approximate surface area is 418 Å². The number of hydrogen-bond acceptors (Lipinski definition) is 12. The highest BCUT2D eigenvalue weighted by Gasteiger charge is 2.44. The van der Waals surface area contributed by atoms with Crippen molar-refractivity contribution in [2.24, 2.45) is 29.6 Å². The third-order valence-corrected chi connectivity index (χ3v) is 13.5. The van der Waals surface area contributed by atoms with Crippen LogP contribution in [0.15, 0.2) is 30.3 Å². The van der Waals surface area contributed by atoms with Gasteiger partial charge in [-0.05, 0) is 83.7 Å². The Hall–Kier alpha value is -4.65. The quantitative estimate of drug-likeness (QED) is 0.0890. The van der Waals surface area contributed by atoms with Gasteiger partial charge in [0.15, 0.2) is 0 Å².